The summed E-state index contributed by atoms with van der Waals surface area (Å²) in [6, 6.07) is 9.07. The van der Waals surface area contributed by atoms with Gasteiger partial charge in [0.1, 0.15) is 0 Å². The van der Waals surface area contributed by atoms with Gasteiger partial charge < -0.3 is 19.9 Å². The molecule has 2 aromatic rings. The number of methoxy groups -OCH3 is 1. The fourth-order valence-corrected chi connectivity index (χ4v) is 5.10. The van der Waals surface area contributed by atoms with E-state index in [1.54, 1.807) is 18.2 Å². The maximum absolute atomic E-state index is 13.5. The van der Waals surface area contributed by atoms with Gasteiger partial charge in [0, 0.05) is 49.9 Å². The number of carbonyl (C=O) groups excluding carboxylic acids is 1. The molecule has 4 rings (SSSR count). The molecule has 10 heteroatoms. The fraction of sp³-hybridized carbons (Fsp3) is 0.500. The van der Waals surface area contributed by atoms with E-state index in [-0.39, 0.29) is 29.3 Å². The highest BCUT2D eigenvalue weighted by Gasteiger charge is 2.26. The van der Waals surface area contributed by atoms with Gasteiger partial charge in [-0.2, -0.15) is 0 Å². The Morgan fingerprint density at radius 3 is 2.42 bits per heavy atom. The molecule has 0 aliphatic carbocycles. The molecule has 1 amide bonds. The van der Waals surface area contributed by atoms with Crippen LogP contribution < -0.4 is 10.1 Å². The van der Waals surface area contributed by atoms with E-state index in [1.165, 1.54) is 25.3 Å². The van der Waals surface area contributed by atoms with E-state index >= 15 is 0 Å². The number of hydrogen-bond acceptors (Lipinski definition) is 6. The van der Waals surface area contributed by atoms with E-state index in [9.17, 15) is 23.7 Å². The number of likely N-dealkylation sites (tertiary alicyclic amines) is 2. The predicted octanol–water partition coefficient (Wildman–Crippen LogP) is 4.55. The van der Waals surface area contributed by atoms with Crippen molar-refractivity contribution in [3.05, 3.63) is 63.7 Å². The maximum Gasteiger partial charge on any atom is 0.311 e. The zero-order valence-corrected chi connectivity index (χ0v) is 20.4. The molecule has 1 N–H and O–H groups in total. The number of carbonyl (C=O) groups is 1. The lowest BCUT2D eigenvalue weighted by atomic mass is 9.89. The minimum Gasteiger partial charge on any atom is -0.490 e. The maximum atomic E-state index is 13.5. The van der Waals surface area contributed by atoms with Crippen molar-refractivity contribution in [2.45, 2.75) is 44.1 Å². The molecule has 0 bridgehead atoms. The molecule has 194 valence electrons. The summed E-state index contributed by atoms with van der Waals surface area (Å²) in [7, 11) is 1.41. The second kappa shape index (κ2) is 11.6. The molecule has 2 aliphatic rings. The largest absolute Gasteiger partial charge is 0.490 e. The van der Waals surface area contributed by atoms with Crippen LogP contribution in [0.4, 0.5) is 20.2 Å². The lowest BCUT2D eigenvalue weighted by Crippen LogP contribution is -2.43. The minimum atomic E-state index is -0.818. The summed E-state index contributed by atoms with van der Waals surface area (Å²) in [6.45, 7) is 3.70. The quantitative estimate of drug-likeness (QED) is 0.421. The van der Waals surface area contributed by atoms with Crippen LogP contribution in [0, 0.1) is 21.7 Å². The molecule has 2 fully saturated rings. The van der Waals surface area contributed by atoms with Crippen LogP contribution in [0.1, 0.15) is 43.6 Å². The van der Waals surface area contributed by atoms with Gasteiger partial charge in [0.15, 0.2) is 17.4 Å². The van der Waals surface area contributed by atoms with E-state index in [0.29, 0.717) is 26.1 Å². The number of nitrogens with zero attached hydrogens (tertiary/aromatic N) is 3. The Hall–Kier alpha value is -3.27. The average molecular weight is 503 g/mol. The van der Waals surface area contributed by atoms with E-state index in [1.807, 2.05) is 4.90 Å². The average Bonchev–Trinajstić information content (AvgIpc) is 2.89. The summed E-state index contributed by atoms with van der Waals surface area (Å²) in [6.07, 6.45) is 3.79. The number of halogens is 2. The van der Waals surface area contributed by atoms with Crippen molar-refractivity contribution >= 4 is 17.3 Å². The van der Waals surface area contributed by atoms with Crippen molar-refractivity contribution in [2.75, 3.05) is 45.2 Å². The summed E-state index contributed by atoms with van der Waals surface area (Å²) < 4.78 is 31.9. The van der Waals surface area contributed by atoms with Gasteiger partial charge in [-0.1, -0.05) is 6.07 Å². The summed E-state index contributed by atoms with van der Waals surface area (Å²) >= 11 is 0. The summed E-state index contributed by atoms with van der Waals surface area (Å²) in [4.78, 5) is 27.5. The van der Waals surface area contributed by atoms with Crippen LogP contribution in [0.15, 0.2) is 36.4 Å². The number of nitro groups is 1. The first-order valence-electron chi connectivity index (χ1n) is 12.4. The summed E-state index contributed by atoms with van der Waals surface area (Å²) in [5.74, 6) is -1.04. The summed E-state index contributed by atoms with van der Waals surface area (Å²) in [5.41, 5.74) is 1.53. The zero-order chi connectivity index (χ0) is 25.7. The van der Waals surface area contributed by atoms with Crippen LogP contribution in [0.5, 0.6) is 5.75 Å². The van der Waals surface area contributed by atoms with Crippen molar-refractivity contribution in [1.29, 1.82) is 0 Å². The summed E-state index contributed by atoms with van der Waals surface area (Å²) in [5, 5.41) is 14.5. The van der Waals surface area contributed by atoms with Crippen molar-refractivity contribution in [3.8, 4) is 5.75 Å². The normalized spacial score (nSPS) is 17.7. The molecule has 0 spiro atoms. The van der Waals surface area contributed by atoms with Crippen molar-refractivity contribution in [2.24, 2.45) is 0 Å². The monoisotopic (exact) mass is 502 g/mol. The Labute approximate surface area is 209 Å². The number of rotatable bonds is 8. The third kappa shape index (κ3) is 6.29. The van der Waals surface area contributed by atoms with Gasteiger partial charge in [-0.15, -0.1) is 0 Å². The van der Waals surface area contributed by atoms with Crippen molar-refractivity contribution in [1.82, 2.24) is 9.80 Å². The first-order chi connectivity index (χ1) is 17.3. The van der Waals surface area contributed by atoms with Crippen LogP contribution in [0.3, 0.4) is 0 Å². The highest BCUT2D eigenvalue weighted by Crippen LogP contribution is 2.31. The first kappa shape index (κ1) is 25.8. The van der Waals surface area contributed by atoms with E-state index in [4.69, 9.17) is 4.74 Å². The molecule has 0 radical (unpaired) electrons. The SMILES string of the molecule is COc1cc(NC2CCN(C(=O)CCN3CCC(c4ccc(F)c(F)c4)CC3)CC2)ccc1[N+](=O)[O-]. The topological polar surface area (TPSA) is 88.0 Å². The predicted molar refractivity (Wildman–Crippen MR) is 132 cm³/mol. The second-order valence-corrected chi connectivity index (χ2v) is 9.48. The van der Waals surface area contributed by atoms with Crippen LogP contribution in [-0.2, 0) is 4.79 Å². The van der Waals surface area contributed by atoms with Gasteiger partial charge in [0.2, 0.25) is 5.91 Å². The van der Waals surface area contributed by atoms with E-state index in [0.717, 1.165) is 50.0 Å². The molecule has 2 aliphatic heterocycles. The molecule has 2 aromatic carbocycles. The molecule has 2 saturated heterocycles. The third-order valence-corrected chi connectivity index (χ3v) is 7.24. The van der Waals surface area contributed by atoms with Gasteiger partial charge in [-0.05, 0) is 68.5 Å². The number of nitrogens with one attached hydrogen (secondary N) is 1. The Kier molecular flexibility index (Phi) is 8.35. The van der Waals surface area contributed by atoms with E-state index < -0.39 is 16.6 Å². The lowest BCUT2D eigenvalue weighted by molar-refractivity contribution is -0.385. The first-order valence-corrected chi connectivity index (χ1v) is 12.4. The Bertz CT molecular complexity index is 1080. The molecular weight excluding hydrogens is 470 g/mol. The molecular formula is C26H32F2N4O4. The third-order valence-electron chi connectivity index (χ3n) is 7.24. The molecule has 0 atom stereocenters. The number of nitro benzene ring substituents is 1. The van der Waals surface area contributed by atoms with Gasteiger partial charge in [0.25, 0.3) is 0 Å². The highest BCUT2D eigenvalue weighted by atomic mass is 19.2. The minimum absolute atomic E-state index is 0.0722. The fourth-order valence-electron chi connectivity index (χ4n) is 5.10. The number of piperidine rings is 2. The number of amides is 1. The number of anilines is 1. The van der Waals surface area contributed by atoms with Gasteiger partial charge >= 0.3 is 5.69 Å². The molecule has 8 nitrogen and oxygen atoms in total. The van der Waals surface area contributed by atoms with Crippen molar-refractivity contribution < 1.29 is 23.2 Å². The molecule has 36 heavy (non-hydrogen) atoms. The standard InChI is InChI=1S/C26H32F2N4O4/c1-36-25-17-21(3-5-24(25)32(34)35)29-20-8-14-31(15-9-20)26(33)10-13-30-11-6-18(7-12-30)19-2-4-22(27)23(28)16-19/h2-5,16-18,20,29H,6-15H2,1H3. The lowest BCUT2D eigenvalue weighted by Gasteiger charge is -2.35. The Morgan fingerprint density at radius 1 is 1.06 bits per heavy atom. The van der Waals surface area contributed by atoms with Crippen molar-refractivity contribution in [3.63, 3.8) is 0 Å². The van der Waals surface area contributed by atoms with Gasteiger partial charge in [-0.25, -0.2) is 8.78 Å². The Morgan fingerprint density at radius 2 is 1.78 bits per heavy atom. The second-order valence-electron chi connectivity index (χ2n) is 9.48. The molecule has 0 unspecified atom stereocenters. The number of benzene rings is 2. The van der Waals surface area contributed by atoms with Gasteiger partial charge in [0.05, 0.1) is 12.0 Å². The van der Waals surface area contributed by atoms with Crippen LogP contribution >= 0.6 is 0 Å². The Balaban J connectivity index is 1.18. The molecule has 0 aromatic heterocycles. The zero-order valence-electron chi connectivity index (χ0n) is 20.4. The molecule has 0 saturated carbocycles. The van der Waals surface area contributed by atoms with Gasteiger partial charge in [-0.3, -0.25) is 14.9 Å². The molecule has 2 heterocycles. The smallest absolute Gasteiger partial charge is 0.311 e. The van der Waals surface area contributed by atoms with Crippen LogP contribution in [0.25, 0.3) is 0 Å². The number of ether oxygens (including phenoxy) is 1. The van der Waals surface area contributed by atoms with Crippen LogP contribution in [0.2, 0.25) is 0 Å². The highest BCUT2D eigenvalue weighted by molar-refractivity contribution is 5.76. The van der Waals surface area contributed by atoms with Crippen LogP contribution in [-0.4, -0.2) is 66.5 Å². The van der Waals surface area contributed by atoms with E-state index in [2.05, 4.69) is 10.2 Å². The number of hydrogen-bond donors (Lipinski definition) is 1.